The van der Waals surface area contributed by atoms with Crippen LogP contribution in [-0.4, -0.2) is 19.5 Å². The molecule has 2 N–H and O–H groups in total. The minimum atomic E-state index is -3.82. The first kappa shape index (κ1) is 15.6. The summed E-state index contributed by atoms with van der Waals surface area (Å²) in [7, 11) is -3.82. The molecule has 0 aliphatic heterocycles. The zero-order valence-electron chi connectivity index (χ0n) is 11.8. The van der Waals surface area contributed by atoms with Crippen LogP contribution in [0.3, 0.4) is 0 Å². The second-order valence-corrected chi connectivity index (χ2v) is 7.56. The molecule has 21 heavy (non-hydrogen) atoms. The van der Waals surface area contributed by atoms with Crippen LogP contribution in [0.25, 0.3) is 0 Å². The number of aromatic amines is 1. The molecule has 0 fully saturated rings. The van der Waals surface area contributed by atoms with E-state index in [0.717, 1.165) is 0 Å². The molecule has 1 aromatic carbocycles. The number of sulfonamides is 1. The van der Waals surface area contributed by atoms with E-state index in [-0.39, 0.29) is 10.3 Å². The maximum Gasteiger partial charge on any atom is 0.306 e. The third-order valence-corrected chi connectivity index (χ3v) is 5.49. The maximum absolute atomic E-state index is 12.4. The van der Waals surface area contributed by atoms with Crippen LogP contribution in [0.15, 0.2) is 33.3 Å². The van der Waals surface area contributed by atoms with E-state index in [2.05, 4.69) is 9.71 Å². The molecule has 6 nitrogen and oxygen atoms in total. The summed E-state index contributed by atoms with van der Waals surface area (Å²) in [6.07, 6.45) is -0.0827. The van der Waals surface area contributed by atoms with E-state index >= 15 is 0 Å². The van der Waals surface area contributed by atoms with E-state index in [4.69, 9.17) is 4.74 Å². The van der Waals surface area contributed by atoms with Crippen LogP contribution in [0.4, 0.5) is 5.69 Å². The highest BCUT2D eigenvalue weighted by Crippen LogP contribution is 2.28. The molecule has 0 bridgehead atoms. The summed E-state index contributed by atoms with van der Waals surface area (Å²) in [4.78, 5) is 13.3. The molecule has 0 amide bonds. The molecule has 0 radical (unpaired) electrons. The van der Waals surface area contributed by atoms with Crippen LogP contribution >= 0.6 is 11.3 Å². The second-order valence-electron chi connectivity index (χ2n) is 4.70. The van der Waals surface area contributed by atoms with E-state index < -0.39 is 14.9 Å². The van der Waals surface area contributed by atoms with Gasteiger partial charge in [-0.05, 0) is 32.9 Å². The van der Waals surface area contributed by atoms with Gasteiger partial charge in [0.1, 0.15) is 5.75 Å². The third kappa shape index (κ3) is 3.64. The van der Waals surface area contributed by atoms with Gasteiger partial charge in [0.25, 0.3) is 10.0 Å². The van der Waals surface area contributed by atoms with Crippen LogP contribution in [0, 0.1) is 6.92 Å². The summed E-state index contributed by atoms with van der Waals surface area (Å²) >= 11 is 0.658. The molecule has 0 saturated heterocycles. The Morgan fingerprint density at radius 3 is 2.52 bits per heavy atom. The highest BCUT2D eigenvalue weighted by molar-refractivity contribution is 7.94. The second kappa shape index (κ2) is 5.90. The predicted octanol–water partition coefficient (Wildman–Crippen LogP) is 2.33. The summed E-state index contributed by atoms with van der Waals surface area (Å²) in [5.41, 5.74) is 0.659. The summed E-state index contributed by atoms with van der Waals surface area (Å²) in [6, 6.07) is 6.76. The van der Waals surface area contributed by atoms with Crippen molar-refractivity contribution in [3.05, 3.63) is 39.6 Å². The highest BCUT2D eigenvalue weighted by atomic mass is 32.2. The van der Waals surface area contributed by atoms with E-state index in [9.17, 15) is 13.2 Å². The molecule has 2 aromatic rings. The molecule has 0 aliphatic carbocycles. The average Bonchev–Trinajstić information content (AvgIpc) is 2.71. The van der Waals surface area contributed by atoms with Gasteiger partial charge in [0.15, 0.2) is 4.21 Å². The van der Waals surface area contributed by atoms with Crippen molar-refractivity contribution in [2.45, 2.75) is 31.1 Å². The highest BCUT2D eigenvalue weighted by Gasteiger charge is 2.22. The molecule has 8 heteroatoms. The Morgan fingerprint density at radius 1 is 1.29 bits per heavy atom. The standard InChI is InChI=1S/C13H16N2O4S2/c1-8(2)19-11-7-5-4-6-10(11)15-21(17,18)12-9(3)14-13(16)20-12/h4-8,15H,1-3H3,(H,14,16). The van der Waals surface area contributed by atoms with Crippen LogP contribution in [-0.2, 0) is 10.0 Å². The van der Waals surface area contributed by atoms with Gasteiger partial charge < -0.3 is 9.72 Å². The van der Waals surface area contributed by atoms with Gasteiger partial charge >= 0.3 is 4.87 Å². The molecular formula is C13H16N2O4S2. The van der Waals surface area contributed by atoms with Crippen LogP contribution in [0.2, 0.25) is 0 Å². The van der Waals surface area contributed by atoms with Crippen molar-refractivity contribution in [2.75, 3.05) is 4.72 Å². The lowest BCUT2D eigenvalue weighted by molar-refractivity contribution is 0.244. The molecule has 0 saturated carbocycles. The number of thiazole rings is 1. The number of aryl methyl sites for hydroxylation is 1. The fraction of sp³-hybridized carbons (Fsp3) is 0.308. The quantitative estimate of drug-likeness (QED) is 0.882. The number of H-pyrrole nitrogens is 1. The molecule has 114 valence electrons. The van der Waals surface area contributed by atoms with E-state index in [1.807, 2.05) is 13.8 Å². The number of hydrogen-bond donors (Lipinski definition) is 2. The number of aromatic nitrogens is 1. The molecule has 0 aliphatic rings. The Balaban J connectivity index is 2.37. The van der Waals surface area contributed by atoms with Crippen LogP contribution in [0.1, 0.15) is 19.5 Å². The number of benzene rings is 1. The molecule has 1 aromatic heterocycles. The fourth-order valence-corrected chi connectivity index (χ4v) is 4.12. The van der Waals surface area contributed by atoms with E-state index in [0.29, 0.717) is 28.5 Å². The Bertz CT molecular complexity index is 790. The predicted molar refractivity (Wildman–Crippen MR) is 82.7 cm³/mol. The number of hydrogen-bond acceptors (Lipinski definition) is 5. The third-order valence-electron chi connectivity index (χ3n) is 2.52. The lowest BCUT2D eigenvalue weighted by atomic mass is 10.3. The minimum absolute atomic E-state index is 0.0214. The monoisotopic (exact) mass is 328 g/mol. The van der Waals surface area contributed by atoms with Gasteiger partial charge in [0.2, 0.25) is 0 Å². The first-order chi connectivity index (χ1) is 9.79. The number of rotatable bonds is 5. The fourth-order valence-electron chi connectivity index (χ4n) is 1.75. The van der Waals surface area contributed by atoms with Crippen molar-refractivity contribution in [1.29, 1.82) is 0 Å². The van der Waals surface area contributed by atoms with Crippen LogP contribution < -0.4 is 14.3 Å². The number of para-hydroxylation sites is 2. The van der Waals surface area contributed by atoms with Crippen LogP contribution in [0.5, 0.6) is 5.75 Å². The average molecular weight is 328 g/mol. The van der Waals surface area contributed by atoms with Gasteiger partial charge in [0.05, 0.1) is 11.8 Å². The summed E-state index contributed by atoms with van der Waals surface area (Å²) in [5.74, 6) is 0.441. The zero-order valence-corrected chi connectivity index (χ0v) is 13.5. The smallest absolute Gasteiger partial charge is 0.306 e. The number of ether oxygens (including phenoxy) is 1. The Labute approximate surface area is 126 Å². The first-order valence-corrected chi connectivity index (χ1v) is 8.58. The van der Waals surface area contributed by atoms with Gasteiger partial charge in [-0.1, -0.05) is 23.5 Å². The lowest BCUT2D eigenvalue weighted by Crippen LogP contribution is -2.15. The number of anilines is 1. The molecule has 1 heterocycles. The van der Waals surface area contributed by atoms with Crippen molar-refractivity contribution >= 4 is 27.0 Å². The van der Waals surface area contributed by atoms with Gasteiger partial charge in [-0.25, -0.2) is 8.42 Å². The lowest BCUT2D eigenvalue weighted by Gasteiger charge is -2.15. The van der Waals surface area contributed by atoms with E-state index in [1.165, 1.54) is 0 Å². The van der Waals surface area contributed by atoms with Crippen molar-refractivity contribution in [2.24, 2.45) is 0 Å². The van der Waals surface area contributed by atoms with Crippen molar-refractivity contribution in [3.8, 4) is 5.75 Å². The zero-order chi connectivity index (χ0) is 15.6. The first-order valence-electron chi connectivity index (χ1n) is 6.28. The topological polar surface area (TPSA) is 88.3 Å². The van der Waals surface area contributed by atoms with Crippen molar-refractivity contribution < 1.29 is 13.2 Å². The van der Waals surface area contributed by atoms with E-state index in [1.54, 1.807) is 31.2 Å². The number of nitrogens with one attached hydrogen (secondary N) is 2. The van der Waals surface area contributed by atoms with Gasteiger partial charge in [0, 0.05) is 5.69 Å². The Morgan fingerprint density at radius 2 is 1.95 bits per heavy atom. The van der Waals surface area contributed by atoms with Crippen molar-refractivity contribution in [3.63, 3.8) is 0 Å². The van der Waals surface area contributed by atoms with Crippen molar-refractivity contribution in [1.82, 2.24) is 4.98 Å². The maximum atomic E-state index is 12.4. The molecule has 0 unspecified atom stereocenters. The molecule has 2 rings (SSSR count). The Hall–Kier alpha value is -1.80. The summed E-state index contributed by atoms with van der Waals surface area (Å²) in [6.45, 7) is 5.25. The summed E-state index contributed by atoms with van der Waals surface area (Å²) < 4.78 is 32.7. The molecule has 0 atom stereocenters. The largest absolute Gasteiger partial charge is 0.489 e. The van der Waals surface area contributed by atoms with Gasteiger partial charge in [-0.15, -0.1) is 0 Å². The normalized spacial score (nSPS) is 11.6. The Kier molecular flexibility index (Phi) is 4.38. The van der Waals surface area contributed by atoms with Gasteiger partial charge in [-0.3, -0.25) is 9.52 Å². The molecule has 0 spiro atoms. The minimum Gasteiger partial charge on any atom is -0.489 e. The summed E-state index contributed by atoms with van der Waals surface area (Å²) in [5, 5.41) is 0. The SMILES string of the molecule is Cc1[nH]c(=O)sc1S(=O)(=O)Nc1ccccc1OC(C)C. The van der Waals surface area contributed by atoms with Gasteiger partial charge in [-0.2, -0.15) is 0 Å². The molecular weight excluding hydrogens is 312 g/mol.